The lowest BCUT2D eigenvalue weighted by atomic mass is 10.1. The van der Waals surface area contributed by atoms with E-state index in [-0.39, 0.29) is 30.0 Å². The van der Waals surface area contributed by atoms with E-state index in [4.69, 9.17) is 14.6 Å². The van der Waals surface area contributed by atoms with Gasteiger partial charge >= 0.3 is 0 Å². The number of imide groups is 1. The van der Waals surface area contributed by atoms with E-state index in [2.05, 4.69) is 4.99 Å². The van der Waals surface area contributed by atoms with E-state index >= 15 is 0 Å². The minimum Gasteiger partial charge on any atom is -0.497 e. The van der Waals surface area contributed by atoms with Crippen molar-refractivity contribution in [2.24, 2.45) is 9.98 Å². The van der Waals surface area contributed by atoms with E-state index in [1.54, 1.807) is 59.6 Å². The molecule has 10 heteroatoms. The highest BCUT2D eigenvalue weighted by Crippen LogP contribution is 2.34. The van der Waals surface area contributed by atoms with Gasteiger partial charge in [0.25, 0.3) is 17.7 Å². The van der Waals surface area contributed by atoms with Crippen LogP contribution in [-0.4, -0.2) is 64.7 Å². The molecule has 0 spiro atoms. The summed E-state index contributed by atoms with van der Waals surface area (Å²) in [6.07, 6.45) is 1.73. The Morgan fingerprint density at radius 3 is 2.02 bits per heavy atom. The van der Waals surface area contributed by atoms with Crippen LogP contribution in [0.4, 0.5) is 5.69 Å². The molecule has 0 aromatic heterocycles. The lowest BCUT2D eigenvalue weighted by Gasteiger charge is -2.43. The first-order chi connectivity index (χ1) is 21.5. The van der Waals surface area contributed by atoms with Gasteiger partial charge in [-0.15, -0.1) is 5.06 Å². The van der Waals surface area contributed by atoms with E-state index in [1.807, 2.05) is 66.7 Å². The molecule has 3 amide bonds. The van der Waals surface area contributed by atoms with Crippen molar-refractivity contribution in [3.8, 4) is 5.75 Å². The maximum absolute atomic E-state index is 13.8. The van der Waals surface area contributed by atoms with Gasteiger partial charge in [0.1, 0.15) is 11.4 Å². The largest absolute Gasteiger partial charge is 0.497 e. The van der Waals surface area contributed by atoms with Crippen molar-refractivity contribution in [2.75, 3.05) is 20.3 Å². The smallest absolute Gasteiger partial charge is 0.297 e. The summed E-state index contributed by atoms with van der Waals surface area (Å²) in [6.45, 7) is -0.0274. The van der Waals surface area contributed by atoms with E-state index < -0.39 is 17.7 Å². The average Bonchev–Trinajstić information content (AvgIpc) is 3.31. The van der Waals surface area contributed by atoms with Crippen LogP contribution in [0.5, 0.6) is 5.75 Å². The van der Waals surface area contributed by atoms with Crippen LogP contribution >= 0.6 is 0 Å². The number of para-hydroxylation sites is 1. The maximum atomic E-state index is 13.8. The molecule has 3 heterocycles. The third-order valence-corrected chi connectivity index (χ3v) is 7.45. The quantitative estimate of drug-likeness (QED) is 0.226. The molecule has 44 heavy (non-hydrogen) atoms. The Morgan fingerprint density at radius 2 is 1.34 bits per heavy atom. The van der Waals surface area contributed by atoms with Crippen molar-refractivity contribution in [3.63, 3.8) is 0 Å². The number of methoxy groups -OCH3 is 1. The topological polar surface area (TPSA) is 104 Å². The number of hydroxylamine groups is 2. The van der Waals surface area contributed by atoms with Gasteiger partial charge in [0.15, 0.2) is 11.7 Å². The standard InChI is InChI=1S/C34H25N5O5/c1-43-24-17-15-22(16-18-24)21-29-32(40)36-31-27-13-7-8-14-28(27)35-30(23-9-3-2-4-10-23)38(31)37(29)19-20-44-39-33(41)25-11-5-6-12-26(25)34(39)42/h2-18,21H,19-20H2,1H3/b29-21+. The Labute approximate surface area is 252 Å². The van der Waals surface area contributed by atoms with E-state index in [0.29, 0.717) is 28.7 Å². The van der Waals surface area contributed by atoms with Crippen molar-refractivity contribution in [1.82, 2.24) is 15.1 Å². The van der Waals surface area contributed by atoms with Gasteiger partial charge in [-0.2, -0.15) is 4.99 Å². The van der Waals surface area contributed by atoms with Crippen molar-refractivity contribution < 1.29 is 24.0 Å². The van der Waals surface area contributed by atoms with Gasteiger partial charge in [0.2, 0.25) is 0 Å². The van der Waals surface area contributed by atoms with Crippen LogP contribution in [0.1, 0.15) is 37.4 Å². The molecule has 7 rings (SSSR count). The number of nitrogens with zero attached hydrogens (tertiary/aromatic N) is 5. The zero-order valence-corrected chi connectivity index (χ0v) is 23.6. The summed E-state index contributed by atoms with van der Waals surface area (Å²) in [6, 6.07) is 31.0. The number of hydrazine groups is 1. The first-order valence-electron chi connectivity index (χ1n) is 13.9. The number of fused-ring (bicyclic) bond motifs is 4. The van der Waals surface area contributed by atoms with Crippen molar-refractivity contribution in [3.05, 3.63) is 137 Å². The van der Waals surface area contributed by atoms with Gasteiger partial charge in [-0.05, 0) is 48.0 Å². The highest BCUT2D eigenvalue weighted by molar-refractivity contribution is 6.24. The summed E-state index contributed by atoms with van der Waals surface area (Å²) < 4.78 is 5.29. The fourth-order valence-electron chi connectivity index (χ4n) is 5.34. The molecular formula is C34H25N5O5. The zero-order valence-electron chi connectivity index (χ0n) is 23.6. The summed E-state index contributed by atoms with van der Waals surface area (Å²) in [4.78, 5) is 55.0. The molecule has 216 valence electrons. The second-order valence-corrected chi connectivity index (χ2v) is 10.1. The van der Waals surface area contributed by atoms with Gasteiger partial charge < -0.3 is 4.74 Å². The van der Waals surface area contributed by atoms with Crippen molar-refractivity contribution >= 4 is 41.2 Å². The first-order valence-corrected chi connectivity index (χ1v) is 13.9. The molecule has 10 nitrogen and oxygen atoms in total. The average molecular weight is 584 g/mol. The second kappa shape index (κ2) is 11.1. The predicted molar refractivity (Wildman–Crippen MR) is 163 cm³/mol. The molecule has 0 atom stereocenters. The Kier molecular flexibility index (Phi) is 6.80. The monoisotopic (exact) mass is 583 g/mol. The van der Waals surface area contributed by atoms with Crippen molar-refractivity contribution in [1.29, 1.82) is 0 Å². The number of amidine groups is 2. The van der Waals surface area contributed by atoms with Crippen molar-refractivity contribution in [2.45, 2.75) is 0 Å². The molecule has 4 aromatic rings. The molecule has 3 aliphatic heterocycles. The molecule has 3 aliphatic rings. The number of ether oxygens (including phenoxy) is 1. The fraction of sp³-hybridized carbons (Fsp3) is 0.0882. The minimum atomic E-state index is -0.532. The molecule has 0 fully saturated rings. The number of benzene rings is 4. The Bertz CT molecular complexity index is 1860. The summed E-state index contributed by atoms with van der Waals surface area (Å²) >= 11 is 0. The lowest BCUT2D eigenvalue weighted by Crippen LogP contribution is -2.56. The lowest BCUT2D eigenvalue weighted by molar-refractivity contribution is -0.120. The molecular weight excluding hydrogens is 558 g/mol. The van der Waals surface area contributed by atoms with Gasteiger partial charge in [-0.1, -0.05) is 66.7 Å². The molecule has 0 radical (unpaired) electrons. The number of aliphatic imine (C=N–C) groups is 2. The van der Waals surface area contributed by atoms with Gasteiger partial charge in [-0.3, -0.25) is 24.2 Å². The van der Waals surface area contributed by atoms with Crippen LogP contribution < -0.4 is 4.74 Å². The minimum absolute atomic E-state index is 0.0776. The summed E-state index contributed by atoms with van der Waals surface area (Å²) in [5, 5.41) is 4.30. The summed E-state index contributed by atoms with van der Waals surface area (Å²) in [7, 11) is 1.59. The summed E-state index contributed by atoms with van der Waals surface area (Å²) in [5.41, 5.74) is 3.74. The third-order valence-electron chi connectivity index (χ3n) is 7.45. The normalized spacial score (nSPS) is 16.4. The highest BCUT2D eigenvalue weighted by atomic mass is 16.7. The van der Waals surface area contributed by atoms with E-state index in [0.717, 1.165) is 16.2 Å². The third kappa shape index (κ3) is 4.63. The predicted octanol–water partition coefficient (Wildman–Crippen LogP) is 4.86. The van der Waals surface area contributed by atoms with Crippen LogP contribution in [0, 0.1) is 0 Å². The Balaban J connectivity index is 1.29. The fourth-order valence-corrected chi connectivity index (χ4v) is 5.34. The Morgan fingerprint density at radius 1 is 0.705 bits per heavy atom. The van der Waals surface area contributed by atoms with Gasteiger partial charge in [0.05, 0.1) is 37.1 Å². The molecule has 0 saturated heterocycles. The maximum Gasteiger partial charge on any atom is 0.297 e. The number of carbonyl (C=O) groups is 3. The van der Waals surface area contributed by atoms with E-state index in [1.165, 1.54) is 0 Å². The number of rotatable bonds is 7. The molecule has 0 aliphatic carbocycles. The molecule has 0 bridgehead atoms. The molecule has 0 unspecified atom stereocenters. The van der Waals surface area contributed by atoms with Gasteiger partial charge in [-0.25, -0.2) is 10.0 Å². The number of amides is 3. The van der Waals surface area contributed by atoms with E-state index in [9.17, 15) is 14.4 Å². The summed E-state index contributed by atoms with van der Waals surface area (Å²) in [5.74, 6) is 0.116. The number of hydrogen-bond acceptors (Lipinski definition) is 8. The van der Waals surface area contributed by atoms with Crippen LogP contribution in [0.15, 0.2) is 119 Å². The number of carbonyl (C=O) groups excluding carboxylic acids is 3. The Hall–Kier alpha value is -5.87. The van der Waals surface area contributed by atoms with Crippen LogP contribution in [0.25, 0.3) is 6.08 Å². The first kappa shape index (κ1) is 27.0. The second-order valence-electron chi connectivity index (χ2n) is 10.1. The number of hydrogen-bond donors (Lipinski definition) is 0. The highest BCUT2D eigenvalue weighted by Gasteiger charge is 2.40. The van der Waals surface area contributed by atoms with Gasteiger partial charge in [0, 0.05) is 11.1 Å². The van der Waals surface area contributed by atoms with Crippen LogP contribution in [0.3, 0.4) is 0 Å². The molecule has 0 saturated carbocycles. The SMILES string of the molecule is COc1ccc(/C=C2\C(=O)N=C3c4ccccc4N=C(c4ccccc4)N3N2CCON2C(=O)c3ccccc3C2=O)cc1. The van der Waals surface area contributed by atoms with Crippen LogP contribution in [0.2, 0.25) is 0 Å². The zero-order chi connectivity index (χ0) is 30.2. The molecule has 0 N–H and O–H groups in total. The van der Waals surface area contributed by atoms with Crippen LogP contribution in [-0.2, 0) is 9.63 Å². The molecule has 4 aromatic carbocycles.